The number of aromatic nitrogens is 4. The van der Waals surface area contributed by atoms with Crippen LogP contribution in [0, 0.1) is 13.8 Å². The second kappa shape index (κ2) is 5.03. The highest BCUT2D eigenvalue weighted by Crippen LogP contribution is 2.36. The number of nitrogens with zero attached hydrogens (tertiary/aromatic N) is 4. The minimum atomic E-state index is 0.872. The second-order valence-corrected chi connectivity index (χ2v) is 6.15. The summed E-state index contributed by atoms with van der Waals surface area (Å²) < 4.78 is 1.93. The van der Waals surface area contributed by atoms with Gasteiger partial charge in [-0.1, -0.05) is 18.2 Å². The minimum Gasteiger partial charge on any atom is -0.290 e. The molecule has 0 aliphatic rings. The van der Waals surface area contributed by atoms with Crippen LogP contribution in [-0.2, 0) is 0 Å². The van der Waals surface area contributed by atoms with Crippen LogP contribution in [0.5, 0.6) is 0 Å². The lowest BCUT2D eigenvalue weighted by Gasteiger charge is -2.07. The maximum absolute atomic E-state index is 4.47. The molecule has 0 radical (unpaired) electrons. The lowest BCUT2D eigenvalue weighted by atomic mass is 10.0. The number of hydrogen-bond acceptors (Lipinski definition) is 4. The first-order valence-corrected chi connectivity index (χ1v) is 7.90. The molecule has 4 rings (SSSR count). The van der Waals surface area contributed by atoms with Crippen LogP contribution in [0.3, 0.4) is 0 Å². The van der Waals surface area contributed by atoms with Gasteiger partial charge >= 0.3 is 0 Å². The molecule has 108 valence electrons. The predicted molar refractivity (Wildman–Crippen MR) is 89.4 cm³/mol. The van der Waals surface area contributed by atoms with Gasteiger partial charge in [-0.25, -0.2) is 15.0 Å². The maximum atomic E-state index is 4.47. The van der Waals surface area contributed by atoms with Crippen LogP contribution in [-0.4, -0.2) is 19.5 Å². The van der Waals surface area contributed by atoms with Crippen LogP contribution in [0.1, 0.15) is 11.1 Å². The Morgan fingerprint density at radius 2 is 2.00 bits per heavy atom. The van der Waals surface area contributed by atoms with Gasteiger partial charge in [-0.2, -0.15) is 0 Å². The summed E-state index contributed by atoms with van der Waals surface area (Å²) in [6.07, 6.45) is 7.04. The van der Waals surface area contributed by atoms with Gasteiger partial charge in [0, 0.05) is 23.3 Å². The van der Waals surface area contributed by atoms with Crippen molar-refractivity contribution in [2.45, 2.75) is 13.8 Å². The zero-order valence-corrected chi connectivity index (χ0v) is 13.1. The number of rotatable bonds is 2. The van der Waals surface area contributed by atoms with E-state index in [1.54, 1.807) is 30.2 Å². The van der Waals surface area contributed by atoms with Gasteiger partial charge in [0.15, 0.2) is 5.82 Å². The third-order valence-corrected chi connectivity index (χ3v) is 4.80. The highest BCUT2D eigenvalue weighted by molar-refractivity contribution is 7.17. The summed E-state index contributed by atoms with van der Waals surface area (Å²) in [5.74, 6) is 0.872. The molecule has 0 bridgehead atoms. The van der Waals surface area contributed by atoms with Crippen molar-refractivity contribution >= 4 is 21.6 Å². The van der Waals surface area contributed by atoms with Crippen molar-refractivity contribution in [2.75, 3.05) is 0 Å². The quantitative estimate of drug-likeness (QED) is 0.558. The van der Waals surface area contributed by atoms with Crippen molar-refractivity contribution < 1.29 is 0 Å². The van der Waals surface area contributed by atoms with E-state index in [4.69, 9.17) is 0 Å². The standard InChI is InChI=1S/C17H14N4S/c1-11-3-4-13(7-12(11)2)14-8-22-17-15(14)16(19-9-20-17)21-6-5-18-10-21/h3-10H,1-2H3. The van der Waals surface area contributed by atoms with Gasteiger partial charge < -0.3 is 0 Å². The van der Waals surface area contributed by atoms with E-state index < -0.39 is 0 Å². The topological polar surface area (TPSA) is 43.6 Å². The Bertz CT molecular complexity index is 954. The summed E-state index contributed by atoms with van der Waals surface area (Å²) in [6, 6.07) is 6.55. The molecule has 4 nitrogen and oxygen atoms in total. The van der Waals surface area contributed by atoms with Crippen molar-refractivity contribution in [3.8, 4) is 16.9 Å². The summed E-state index contributed by atoms with van der Waals surface area (Å²) in [5, 5.41) is 3.23. The molecule has 5 heteroatoms. The van der Waals surface area contributed by atoms with Gasteiger partial charge in [-0.15, -0.1) is 11.3 Å². The molecule has 0 N–H and O–H groups in total. The van der Waals surface area contributed by atoms with Crippen molar-refractivity contribution in [3.63, 3.8) is 0 Å². The van der Waals surface area contributed by atoms with Gasteiger partial charge in [0.25, 0.3) is 0 Å². The minimum absolute atomic E-state index is 0.872. The Kier molecular flexibility index (Phi) is 3.01. The molecular weight excluding hydrogens is 292 g/mol. The van der Waals surface area contributed by atoms with E-state index in [0.29, 0.717) is 0 Å². The van der Waals surface area contributed by atoms with Gasteiger partial charge in [0.1, 0.15) is 17.5 Å². The molecule has 0 spiro atoms. The van der Waals surface area contributed by atoms with Crippen LogP contribution in [0.15, 0.2) is 48.6 Å². The summed E-state index contributed by atoms with van der Waals surface area (Å²) in [4.78, 5) is 14.0. The van der Waals surface area contributed by atoms with Crippen molar-refractivity contribution in [1.82, 2.24) is 19.5 Å². The van der Waals surface area contributed by atoms with Crippen LogP contribution < -0.4 is 0 Å². The average Bonchev–Trinajstić information content (AvgIpc) is 3.18. The first kappa shape index (κ1) is 13.2. The molecule has 0 atom stereocenters. The molecule has 22 heavy (non-hydrogen) atoms. The van der Waals surface area contributed by atoms with E-state index in [0.717, 1.165) is 16.0 Å². The average molecular weight is 306 g/mol. The summed E-state index contributed by atoms with van der Waals surface area (Å²) in [6.45, 7) is 4.27. The number of imidazole rings is 1. The van der Waals surface area contributed by atoms with E-state index in [1.165, 1.54) is 22.3 Å². The Morgan fingerprint density at radius 3 is 2.77 bits per heavy atom. The number of aryl methyl sites for hydroxylation is 2. The molecule has 3 aromatic heterocycles. The molecule has 4 aromatic rings. The van der Waals surface area contributed by atoms with E-state index in [-0.39, 0.29) is 0 Å². The van der Waals surface area contributed by atoms with Crippen LogP contribution in [0.2, 0.25) is 0 Å². The van der Waals surface area contributed by atoms with Gasteiger partial charge in [0.05, 0.1) is 5.39 Å². The molecule has 0 saturated carbocycles. The van der Waals surface area contributed by atoms with Crippen molar-refractivity contribution in [1.29, 1.82) is 0 Å². The molecule has 1 aromatic carbocycles. The Morgan fingerprint density at radius 1 is 1.09 bits per heavy atom. The van der Waals surface area contributed by atoms with Gasteiger partial charge in [-0.05, 0) is 30.5 Å². The summed E-state index contributed by atoms with van der Waals surface area (Å²) in [7, 11) is 0. The van der Waals surface area contributed by atoms with Gasteiger partial charge in [-0.3, -0.25) is 4.57 Å². The molecule has 0 amide bonds. The predicted octanol–water partition coefficient (Wildman–Crippen LogP) is 4.16. The largest absolute Gasteiger partial charge is 0.290 e. The first-order valence-electron chi connectivity index (χ1n) is 7.02. The lowest BCUT2D eigenvalue weighted by Crippen LogP contribution is -1.96. The lowest BCUT2D eigenvalue weighted by molar-refractivity contribution is 0.995. The fourth-order valence-corrected chi connectivity index (χ4v) is 3.47. The fraction of sp³-hybridized carbons (Fsp3) is 0.118. The number of hydrogen-bond donors (Lipinski definition) is 0. The van der Waals surface area contributed by atoms with Gasteiger partial charge in [0.2, 0.25) is 0 Å². The highest BCUT2D eigenvalue weighted by Gasteiger charge is 2.14. The van der Waals surface area contributed by atoms with Crippen LogP contribution in [0.25, 0.3) is 27.2 Å². The third-order valence-electron chi connectivity index (χ3n) is 3.92. The normalized spacial score (nSPS) is 11.2. The van der Waals surface area contributed by atoms with E-state index in [9.17, 15) is 0 Å². The number of thiophene rings is 1. The zero-order chi connectivity index (χ0) is 15.1. The Labute approximate surface area is 132 Å². The molecule has 0 aliphatic heterocycles. The smallest absolute Gasteiger partial charge is 0.150 e. The zero-order valence-electron chi connectivity index (χ0n) is 12.3. The third kappa shape index (κ3) is 2.02. The number of fused-ring (bicyclic) bond motifs is 1. The Hall–Kier alpha value is -2.53. The molecule has 3 heterocycles. The van der Waals surface area contributed by atoms with Crippen molar-refractivity contribution in [3.05, 3.63) is 59.8 Å². The summed E-state index contributed by atoms with van der Waals surface area (Å²) in [5.41, 5.74) is 4.96. The van der Waals surface area contributed by atoms with Crippen LogP contribution >= 0.6 is 11.3 Å². The number of benzene rings is 1. The molecule has 0 saturated heterocycles. The van der Waals surface area contributed by atoms with E-state index >= 15 is 0 Å². The van der Waals surface area contributed by atoms with E-state index in [1.807, 2.05) is 10.8 Å². The monoisotopic (exact) mass is 306 g/mol. The van der Waals surface area contributed by atoms with Crippen molar-refractivity contribution in [2.24, 2.45) is 0 Å². The second-order valence-electron chi connectivity index (χ2n) is 5.30. The first-order chi connectivity index (χ1) is 10.7. The SMILES string of the molecule is Cc1ccc(-c2csc3ncnc(-n4ccnc4)c23)cc1C. The molecule has 0 unspecified atom stereocenters. The molecular formula is C17H14N4S. The summed E-state index contributed by atoms with van der Waals surface area (Å²) >= 11 is 1.65. The fourth-order valence-electron chi connectivity index (χ4n) is 2.56. The molecule has 0 aliphatic carbocycles. The molecule has 0 fully saturated rings. The van der Waals surface area contributed by atoms with E-state index in [2.05, 4.69) is 52.4 Å². The Balaban J connectivity index is 2.01. The van der Waals surface area contributed by atoms with Crippen LogP contribution in [0.4, 0.5) is 0 Å². The maximum Gasteiger partial charge on any atom is 0.150 e. The highest BCUT2D eigenvalue weighted by atomic mass is 32.1.